The molecule has 0 saturated heterocycles. The number of aromatic nitrogens is 2. The summed E-state index contributed by atoms with van der Waals surface area (Å²) >= 11 is 0. The van der Waals surface area contributed by atoms with Gasteiger partial charge in [0.1, 0.15) is 5.82 Å². The van der Waals surface area contributed by atoms with Gasteiger partial charge in [0.05, 0.1) is 5.69 Å². The molecule has 2 rings (SSSR count). The molecule has 0 aliphatic carbocycles. The van der Waals surface area contributed by atoms with Crippen molar-refractivity contribution in [3.63, 3.8) is 0 Å². The predicted molar refractivity (Wildman–Crippen MR) is 62.7 cm³/mol. The van der Waals surface area contributed by atoms with Crippen LogP contribution in [0.5, 0.6) is 0 Å². The summed E-state index contributed by atoms with van der Waals surface area (Å²) in [6, 6.07) is 5.52. The van der Waals surface area contributed by atoms with Gasteiger partial charge >= 0.3 is 0 Å². The predicted octanol–water partition coefficient (Wildman–Crippen LogP) is 3.18. The van der Waals surface area contributed by atoms with Crippen LogP contribution in [0.25, 0.3) is 11.3 Å². The zero-order chi connectivity index (χ0) is 12.3. The molecule has 0 atom stereocenters. The van der Waals surface area contributed by atoms with E-state index in [0.717, 1.165) is 25.1 Å². The number of aromatic amines is 1. The summed E-state index contributed by atoms with van der Waals surface area (Å²) in [5, 5.41) is 9.91. The molecule has 90 valence electrons. The van der Waals surface area contributed by atoms with E-state index in [9.17, 15) is 8.78 Å². The maximum Gasteiger partial charge on any atom is 0.159 e. The number of rotatable bonds is 4. The van der Waals surface area contributed by atoms with Gasteiger partial charge in [-0.05, 0) is 24.6 Å². The lowest BCUT2D eigenvalue weighted by atomic mass is 10.1. The minimum Gasteiger partial charge on any atom is -0.369 e. The summed E-state index contributed by atoms with van der Waals surface area (Å²) in [5.74, 6) is -1.01. The largest absolute Gasteiger partial charge is 0.369 e. The number of H-pyrrole nitrogens is 1. The summed E-state index contributed by atoms with van der Waals surface area (Å²) in [5.41, 5.74) is 1.23. The number of nitrogens with zero attached hydrogens (tertiary/aromatic N) is 1. The molecule has 0 aliphatic heterocycles. The lowest BCUT2D eigenvalue weighted by Crippen LogP contribution is -1.99. The van der Waals surface area contributed by atoms with Crippen LogP contribution in [0.4, 0.5) is 14.6 Å². The molecular weight excluding hydrogens is 224 g/mol. The van der Waals surface area contributed by atoms with Gasteiger partial charge in [0, 0.05) is 18.2 Å². The van der Waals surface area contributed by atoms with Gasteiger partial charge in [0.25, 0.3) is 0 Å². The monoisotopic (exact) mass is 237 g/mol. The first-order chi connectivity index (χ1) is 8.20. The van der Waals surface area contributed by atoms with Crippen LogP contribution >= 0.6 is 0 Å². The Hall–Kier alpha value is -1.91. The van der Waals surface area contributed by atoms with Gasteiger partial charge in [0.15, 0.2) is 11.6 Å². The van der Waals surface area contributed by atoms with Crippen molar-refractivity contribution in [1.82, 2.24) is 10.2 Å². The quantitative estimate of drug-likeness (QED) is 0.857. The lowest BCUT2D eigenvalue weighted by molar-refractivity contribution is 0.509. The summed E-state index contributed by atoms with van der Waals surface area (Å²) in [7, 11) is 0. The van der Waals surface area contributed by atoms with Crippen LogP contribution in [-0.2, 0) is 0 Å². The first-order valence-electron chi connectivity index (χ1n) is 5.45. The Morgan fingerprint density at radius 3 is 2.76 bits per heavy atom. The standard InChI is InChI=1S/C12H13F2N3/c1-2-5-15-12-7-11(16-17-12)8-3-4-9(13)10(14)6-8/h3-4,6-7H,2,5H2,1H3,(H2,15,16,17). The topological polar surface area (TPSA) is 40.7 Å². The van der Waals surface area contributed by atoms with Crippen LogP contribution < -0.4 is 5.32 Å². The minimum absolute atomic E-state index is 0.570. The van der Waals surface area contributed by atoms with E-state index in [-0.39, 0.29) is 0 Å². The third-order valence-corrected chi connectivity index (χ3v) is 2.36. The van der Waals surface area contributed by atoms with Crippen molar-refractivity contribution >= 4 is 5.82 Å². The number of benzene rings is 1. The number of anilines is 1. The van der Waals surface area contributed by atoms with Crippen LogP contribution in [0.2, 0.25) is 0 Å². The number of hydrogen-bond donors (Lipinski definition) is 2. The SMILES string of the molecule is CCCNc1cc(-c2ccc(F)c(F)c2)[nH]n1. The van der Waals surface area contributed by atoms with Crippen LogP contribution in [0, 0.1) is 11.6 Å². The minimum atomic E-state index is -0.861. The second kappa shape index (κ2) is 4.95. The highest BCUT2D eigenvalue weighted by Crippen LogP contribution is 2.21. The molecule has 0 saturated carbocycles. The van der Waals surface area contributed by atoms with Gasteiger partial charge in [-0.3, -0.25) is 5.10 Å². The second-order valence-electron chi connectivity index (χ2n) is 3.72. The zero-order valence-electron chi connectivity index (χ0n) is 9.43. The Morgan fingerprint density at radius 2 is 2.06 bits per heavy atom. The van der Waals surface area contributed by atoms with E-state index in [1.54, 1.807) is 6.07 Å². The Balaban J connectivity index is 2.21. The maximum absolute atomic E-state index is 13.0. The molecule has 0 bridgehead atoms. The highest BCUT2D eigenvalue weighted by Gasteiger charge is 2.07. The molecule has 0 spiro atoms. The smallest absolute Gasteiger partial charge is 0.159 e. The van der Waals surface area contributed by atoms with Crippen molar-refractivity contribution in [2.24, 2.45) is 0 Å². The van der Waals surface area contributed by atoms with Crippen LogP contribution in [0.15, 0.2) is 24.3 Å². The summed E-state index contributed by atoms with van der Waals surface area (Å²) in [6.07, 6.45) is 0.993. The zero-order valence-corrected chi connectivity index (χ0v) is 9.43. The molecule has 0 amide bonds. The molecule has 1 aromatic carbocycles. The van der Waals surface area contributed by atoms with Crippen LogP contribution in [0.3, 0.4) is 0 Å². The molecule has 1 aromatic heterocycles. The van der Waals surface area contributed by atoms with Gasteiger partial charge in [-0.2, -0.15) is 5.10 Å². The van der Waals surface area contributed by atoms with Crippen molar-refractivity contribution in [3.8, 4) is 11.3 Å². The van der Waals surface area contributed by atoms with Crippen molar-refractivity contribution < 1.29 is 8.78 Å². The molecule has 0 unspecified atom stereocenters. The number of halogens is 2. The molecule has 0 radical (unpaired) electrons. The molecule has 17 heavy (non-hydrogen) atoms. The Kier molecular flexibility index (Phi) is 3.37. The second-order valence-corrected chi connectivity index (χ2v) is 3.72. The molecule has 0 aliphatic rings. The highest BCUT2D eigenvalue weighted by molar-refractivity contribution is 5.62. The van der Waals surface area contributed by atoms with E-state index in [1.807, 2.05) is 0 Å². The van der Waals surface area contributed by atoms with E-state index in [4.69, 9.17) is 0 Å². The van der Waals surface area contributed by atoms with E-state index in [2.05, 4.69) is 22.4 Å². The molecule has 2 aromatic rings. The van der Waals surface area contributed by atoms with Crippen molar-refractivity contribution in [2.75, 3.05) is 11.9 Å². The first kappa shape index (κ1) is 11.6. The highest BCUT2D eigenvalue weighted by atomic mass is 19.2. The molecule has 3 nitrogen and oxygen atoms in total. The molecule has 5 heteroatoms. The maximum atomic E-state index is 13.0. The average molecular weight is 237 g/mol. The fourth-order valence-electron chi connectivity index (χ4n) is 1.48. The van der Waals surface area contributed by atoms with Crippen molar-refractivity contribution in [3.05, 3.63) is 35.9 Å². The van der Waals surface area contributed by atoms with E-state index < -0.39 is 11.6 Å². The van der Waals surface area contributed by atoms with E-state index in [1.165, 1.54) is 6.07 Å². The average Bonchev–Trinajstić information content (AvgIpc) is 2.79. The molecular formula is C12H13F2N3. The van der Waals surface area contributed by atoms with E-state index in [0.29, 0.717) is 17.1 Å². The Labute approximate surface area is 97.9 Å². The number of nitrogens with one attached hydrogen (secondary N) is 2. The van der Waals surface area contributed by atoms with E-state index >= 15 is 0 Å². The molecule has 2 N–H and O–H groups in total. The summed E-state index contributed by atoms with van der Waals surface area (Å²) in [4.78, 5) is 0. The third-order valence-electron chi connectivity index (χ3n) is 2.36. The fourth-order valence-corrected chi connectivity index (χ4v) is 1.48. The summed E-state index contributed by atoms with van der Waals surface area (Å²) in [6.45, 7) is 2.87. The van der Waals surface area contributed by atoms with Crippen molar-refractivity contribution in [1.29, 1.82) is 0 Å². The Bertz CT molecular complexity index is 508. The molecule has 0 fully saturated rings. The normalized spacial score (nSPS) is 10.5. The van der Waals surface area contributed by atoms with Gasteiger partial charge < -0.3 is 5.32 Å². The fraction of sp³-hybridized carbons (Fsp3) is 0.250. The van der Waals surface area contributed by atoms with Crippen molar-refractivity contribution in [2.45, 2.75) is 13.3 Å². The van der Waals surface area contributed by atoms with Crippen LogP contribution in [-0.4, -0.2) is 16.7 Å². The molecule has 1 heterocycles. The van der Waals surface area contributed by atoms with Gasteiger partial charge in [-0.1, -0.05) is 6.92 Å². The first-order valence-corrected chi connectivity index (χ1v) is 5.45. The lowest BCUT2D eigenvalue weighted by Gasteiger charge is -1.98. The number of hydrogen-bond acceptors (Lipinski definition) is 2. The summed E-state index contributed by atoms with van der Waals surface area (Å²) < 4.78 is 25.8. The third kappa shape index (κ3) is 2.61. The van der Waals surface area contributed by atoms with Gasteiger partial charge in [0.2, 0.25) is 0 Å². The Morgan fingerprint density at radius 1 is 1.24 bits per heavy atom. The van der Waals surface area contributed by atoms with Gasteiger partial charge in [-0.15, -0.1) is 0 Å². The van der Waals surface area contributed by atoms with Gasteiger partial charge in [-0.25, -0.2) is 8.78 Å². The van der Waals surface area contributed by atoms with Crippen LogP contribution in [0.1, 0.15) is 13.3 Å².